The van der Waals surface area contributed by atoms with Crippen LogP contribution in [-0.2, 0) is 16.6 Å². The van der Waals surface area contributed by atoms with E-state index in [9.17, 15) is 13.2 Å². The second-order valence-electron chi connectivity index (χ2n) is 6.02. The van der Waals surface area contributed by atoms with Gasteiger partial charge in [0.15, 0.2) is 0 Å². The minimum absolute atomic E-state index is 0.0504. The number of amides is 1. The summed E-state index contributed by atoms with van der Waals surface area (Å²) < 4.78 is 36.9. The van der Waals surface area contributed by atoms with Crippen LogP contribution in [0.15, 0.2) is 41.3 Å². The molecule has 0 aromatic heterocycles. The number of carbonyl (C=O) groups is 1. The van der Waals surface area contributed by atoms with E-state index in [1.807, 2.05) is 6.07 Å². The average Bonchev–Trinajstić information content (AvgIpc) is 2.67. The number of hydrogen-bond donors (Lipinski definition) is 1. The topological polar surface area (TPSA) is 84.9 Å². The van der Waals surface area contributed by atoms with Crippen LogP contribution < -0.4 is 14.2 Å². The van der Waals surface area contributed by atoms with Gasteiger partial charge < -0.3 is 14.4 Å². The molecule has 1 N–H and O–H groups in total. The number of rotatable bonds is 7. The number of nitrogens with zero attached hydrogens (tertiary/aromatic N) is 1. The molecule has 0 aliphatic carbocycles. The van der Waals surface area contributed by atoms with E-state index in [4.69, 9.17) is 9.47 Å². The zero-order valence-corrected chi connectivity index (χ0v) is 16.9. The molecule has 0 saturated carbocycles. The molecule has 2 aromatic rings. The van der Waals surface area contributed by atoms with E-state index in [2.05, 4.69) is 4.72 Å². The Labute approximate surface area is 160 Å². The molecular formula is C19H24N2O5S. The van der Waals surface area contributed by atoms with Crippen molar-refractivity contribution in [1.82, 2.24) is 9.62 Å². The molecule has 146 valence electrons. The number of sulfonamides is 1. The van der Waals surface area contributed by atoms with Crippen LogP contribution in [0.2, 0.25) is 0 Å². The Balaban J connectivity index is 2.32. The van der Waals surface area contributed by atoms with Gasteiger partial charge in [-0.05, 0) is 43.8 Å². The van der Waals surface area contributed by atoms with Crippen molar-refractivity contribution in [3.05, 3.63) is 53.1 Å². The third kappa shape index (κ3) is 4.58. The third-order valence-electron chi connectivity index (χ3n) is 4.27. The molecular weight excluding hydrogens is 368 g/mol. The third-order valence-corrected chi connectivity index (χ3v) is 5.68. The van der Waals surface area contributed by atoms with Gasteiger partial charge >= 0.3 is 0 Å². The molecule has 0 saturated heterocycles. The predicted molar refractivity (Wildman–Crippen MR) is 103 cm³/mol. The molecule has 0 spiro atoms. The molecule has 2 rings (SSSR count). The van der Waals surface area contributed by atoms with Crippen LogP contribution in [0.4, 0.5) is 0 Å². The van der Waals surface area contributed by atoms with Crippen molar-refractivity contribution in [3.8, 4) is 11.5 Å². The van der Waals surface area contributed by atoms with Gasteiger partial charge in [0.25, 0.3) is 5.91 Å². The average molecular weight is 392 g/mol. The summed E-state index contributed by atoms with van der Waals surface area (Å²) in [6.45, 7) is 2.07. The van der Waals surface area contributed by atoms with Crippen molar-refractivity contribution in [2.24, 2.45) is 0 Å². The van der Waals surface area contributed by atoms with E-state index in [1.165, 1.54) is 24.1 Å². The standard InChI is InChI=1S/C19H24N2O5S/c1-13-6-9-16(27(23,24)20-2)11-17(13)19(22)21(3)12-14-7-8-15(25-4)10-18(14)26-5/h6-11,20H,12H2,1-5H3. The maximum Gasteiger partial charge on any atom is 0.254 e. The van der Waals surface area contributed by atoms with Gasteiger partial charge in [-0.2, -0.15) is 0 Å². The van der Waals surface area contributed by atoms with Gasteiger partial charge in [-0.3, -0.25) is 4.79 Å². The van der Waals surface area contributed by atoms with Crippen LogP contribution in [0.25, 0.3) is 0 Å². The Kier molecular flexibility index (Phi) is 6.45. The lowest BCUT2D eigenvalue weighted by molar-refractivity contribution is 0.0783. The van der Waals surface area contributed by atoms with Crippen molar-refractivity contribution in [3.63, 3.8) is 0 Å². The number of nitrogens with one attached hydrogen (secondary N) is 1. The van der Waals surface area contributed by atoms with Gasteiger partial charge in [-0.25, -0.2) is 13.1 Å². The van der Waals surface area contributed by atoms with Crippen molar-refractivity contribution < 1.29 is 22.7 Å². The van der Waals surface area contributed by atoms with Crippen LogP contribution in [0.5, 0.6) is 11.5 Å². The monoisotopic (exact) mass is 392 g/mol. The molecule has 7 nitrogen and oxygen atoms in total. The van der Waals surface area contributed by atoms with E-state index in [0.717, 1.165) is 5.56 Å². The molecule has 0 fully saturated rings. The summed E-state index contributed by atoms with van der Waals surface area (Å²) in [7, 11) is 2.48. The van der Waals surface area contributed by atoms with Gasteiger partial charge in [-0.1, -0.05) is 6.07 Å². The smallest absolute Gasteiger partial charge is 0.254 e. The summed E-state index contributed by atoms with van der Waals surface area (Å²) in [6.07, 6.45) is 0. The Morgan fingerprint density at radius 1 is 1.11 bits per heavy atom. The van der Waals surface area contributed by atoms with Crippen molar-refractivity contribution >= 4 is 15.9 Å². The molecule has 8 heteroatoms. The summed E-state index contributed by atoms with van der Waals surface area (Å²) >= 11 is 0. The molecule has 0 unspecified atom stereocenters. The number of ether oxygens (including phenoxy) is 2. The van der Waals surface area contributed by atoms with E-state index in [-0.39, 0.29) is 10.8 Å². The molecule has 0 aliphatic heterocycles. The first-order chi connectivity index (χ1) is 12.7. The normalized spacial score (nSPS) is 11.1. The molecule has 0 bridgehead atoms. The second kappa shape index (κ2) is 8.41. The van der Waals surface area contributed by atoms with E-state index in [0.29, 0.717) is 29.2 Å². The Morgan fingerprint density at radius 3 is 2.41 bits per heavy atom. The first kappa shape index (κ1) is 20.7. The molecule has 1 amide bonds. The zero-order valence-electron chi connectivity index (χ0n) is 16.1. The lowest BCUT2D eigenvalue weighted by atomic mass is 10.1. The van der Waals surface area contributed by atoms with Crippen LogP contribution in [0, 0.1) is 6.92 Å². The first-order valence-corrected chi connectivity index (χ1v) is 9.72. The quantitative estimate of drug-likeness (QED) is 0.781. The highest BCUT2D eigenvalue weighted by molar-refractivity contribution is 7.89. The zero-order chi connectivity index (χ0) is 20.2. The largest absolute Gasteiger partial charge is 0.497 e. The van der Waals surface area contributed by atoms with Gasteiger partial charge in [0, 0.05) is 30.8 Å². The molecule has 0 radical (unpaired) electrons. The van der Waals surface area contributed by atoms with Crippen LogP contribution >= 0.6 is 0 Å². The summed E-state index contributed by atoms with van der Waals surface area (Å²) in [5.74, 6) is 0.987. The van der Waals surface area contributed by atoms with Gasteiger partial charge in [0.1, 0.15) is 11.5 Å². The highest BCUT2D eigenvalue weighted by Crippen LogP contribution is 2.26. The van der Waals surface area contributed by atoms with Gasteiger partial charge in [-0.15, -0.1) is 0 Å². The molecule has 2 aromatic carbocycles. The SMILES string of the molecule is CNS(=O)(=O)c1ccc(C)c(C(=O)N(C)Cc2ccc(OC)cc2OC)c1. The number of benzene rings is 2. The van der Waals surface area contributed by atoms with Crippen LogP contribution in [0.1, 0.15) is 21.5 Å². The fourth-order valence-electron chi connectivity index (χ4n) is 2.63. The Bertz CT molecular complexity index is 941. The minimum atomic E-state index is -3.63. The first-order valence-electron chi connectivity index (χ1n) is 8.24. The lowest BCUT2D eigenvalue weighted by Gasteiger charge is -2.20. The highest BCUT2D eigenvalue weighted by atomic mass is 32.2. The fourth-order valence-corrected chi connectivity index (χ4v) is 3.39. The number of carbonyl (C=O) groups excluding carboxylic acids is 1. The molecule has 0 atom stereocenters. The van der Waals surface area contributed by atoms with Gasteiger partial charge in [0.05, 0.1) is 19.1 Å². The van der Waals surface area contributed by atoms with Crippen molar-refractivity contribution in [2.75, 3.05) is 28.3 Å². The summed E-state index contributed by atoms with van der Waals surface area (Å²) in [5, 5.41) is 0. The second-order valence-corrected chi connectivity index (χ2v) is 7.91. The molecule has 0 aliphatic rings. The molecule has 27 heavy (non-hydrogen) atoms. The summed E-state index contributed by atoms with van der Waals surface area (Å²) in [5.41, 5.74) is 1.84. The molecule has 0 heterocycles. The number of hydrogen-bond acceptors (Lipinski definition) is 5. The van der Waals surface area contributed by atoms with Gasteiger partial charge in [0.2, 0.25) is 10.0 Å². The van der Waals surface area contributed by atoms with E-state index >= 15 is 0 Å². The van der Waals surface area contributed by atoms with E-state index < -0.39 is 10.0 Å². The summed E-state index contributed by atoms with van der Waals surface area (Å²) in [4.78, 5) is 14.5. The maximum atomic E-state index is 12.9. The van der Waals surface area contributed by atoms with Crippen molar-refractivity contribution in [1.29, 1.82) is 0 Å². The Hall–Kier alpha value is -2.58. The van der Waals surface area contributed by atoms with Crippen LogP contribution in [-0.4, -0.2) is 47.5 Å². The highest BCUT2D eigenvalue weighted by Gasteiger charge is 2.20. The Morgan fingerprint density at radius 2 is 1.81 bits per heavy atom. The summed E-state index contributed by atoms with van der Waals surface area (Å²) in [6, 6.07) is 9.87. The number of methoxy groups -OCH3 is 2. The van der Waals surface area contributed by atoms with Crippen molar-refractivity contribution in [2.45, 2.75) is 18.4 Å². The fraction of sp³-hybridized carbons (Fsp3) is 0.316. The van der Waals surface area contributed by atoms with E-state index in [1.54, 1.807) is 46.4 Å². The predicted octanol–water partition coefficient (Wildman–Crippen LogP) is 2.19. The number of aryl methyl sites for hydroxylation is 1. The lowest BCUT2D eigenvalue weighted by Crippen LogP contribution is -2.27. The van der Waals surface area contributed by atoms with Crippen LogP contribution in [0.3, 0.4) is 0 Å². The maximum absolute atomic E-state index is 12.9. The minimum Gasteiger partial charge on any atom is -0.497 e.